The van der Waals surface area contributed by atoms with Crippen molar-refractivity contribution in [2.45, 2.75) is 39.5 Å². The molecule has 3 heteroatoms. The van der Waals surface area contributed by atoms with Crippen molar-refractivity contribution in [1.29, 1.82) is 0 Å². The largest absolute Gasteiger partial charge is 0.356 e. The van der Waals surface area contributed by atoms with Crippen LogP contribution in [-0.4, -0.2) is 18.2 Å². The third-order valence-electron chi connectivity index (χ3n) is 3.03. The molecule has 0 aliphatic carbocycles. The van der Waals surface area contributed by atoms with Crippen LogP contribution < -0.4 is 5.32 Å². The van der Waals surface area contributed by atoms with E-state index in [1.165, 1.54) is 0 Å². The second kappa shape index (κ2) is 7.88. The first-order chi connectivity index (χ1) is 8.86. The number of hydrogen-bond donors (Lipinski definition) is 1. The highest BCUT2D eigenvalue weighted by atomic mass is 16.5. The van der Waals surface area contributed by atoms with Gasteiger partial charge in [-0.15, -0.1) is 0 Å². The van der Waals surface area contributed by atoms with Crippen molar-refractivity contribution in [3.63, 3.8) is 0 Å². The maximum Gasteiger partial charge on any atom is 0.166 e. The fourth-order valence-electron chi connectivity index (χ4n) is 2.19. The molecule has 0 spiro atoms. The lowest BCUT2D eigenvalue weighted by Gasteiger charge is -2.20. The summed E-state index contributed by atoms with van der Waals surface area (Å²) in [4.78, 5) is 0. The van der Waals surface area contributed by atoms with E-state index in [4.69, 9.17) is 4.52 Å². The van der Waals surface area contributed by atoms with Crippen molar-refractivity contribution in [3.8, 4) is 0 Å². The molecule has 0 saturated carbocycles. The van der Waals surface area contributed by atoms with Gasteiger partial charge in [0.25, 0.3) is 0 Å². The SMILES string of the molecule is C=Cc1onc(C2CCNCC2)c1/C=C\C.CC. The molecule has 0 radical (unpaired) electrons. The molecule has 1 aliphatic rings. The minimum atomic E-state index is 0.518. The van der Waals surface area contributed by atoms with E-state index in [1.807, 2.05) is 26.8 Å². The summed E-state index contributed by atoms with van der Waals surface area (Å²) < 4.78 is 5.31. The molecule has 0 atom stereocenters. The van der Waals surface area contributed by atoms with Gasteiger partial charge in [0.2, 0.25) is 0 Å². The average Bonchev–Trinajstić information content (AvgIpc) is 2.85. The summed E-state index contributed by atoms with van der Waals surface area (Å²) in [6.07, 6.45) is 8.07. The first-order valence-corrected chi connectivity index (χ1v) is 6.82. The molecular formula is C15H24N2O. The highest BCUT2D eigenvalue weighted by molar-refractivity contribution is 5.62. The molecule has 1 aliphatic heterocycles. The minimum Gasteiger partial charge on any atom is -0.356 e. The molecular weight excluding hydrogens is 224 g/mol. The van der Waals surface area contributed by atoms with Crippen LogP contribution in [0.3, 0.4) is 0 Å². The van der Waals surface area contributed by atoms with Crippen molar-refractivity contribution in [3.05, 3.63) is 29.7 Å². The summed E-state index contributed by atoms with van der Waals surface area (Å²) in [5.41, 5.74) is 2.19. The molecule has 1 fully saturated rings. The van der Waals surface area contributed by atoms with Crippen LogP contribution in [0.25, 0.3) is 12.2 Å². The Morgan fingerprint density at radius 2 is 2.00 bits per heavy atom. The Morgan fingerprint density at radius 3 is 2.56 bits per heavy atom. The maximum atomic E-state index is 5.31. The van der Waals surface area contributed by atoms with Crippen molar-refractivity contribution in [2.75, 3.05) is 13.1 Å². The Bertz CT molecular complexity index is 387. The molecule has 0 bridgehead atoms. The Kier molecular flexibility index (Phi) is 6.44. The molecule has 100 valence electrons. The van der Waals surface area contributed by atoms with Gasteiger partial charge < -0.3 is 9.84 Å². The minimum absolute atomic E-state index is 0.518. The van der Waals surface area contributed by atoms with E-state index >= 15 is 0 Å². The highest BCUT2D eigenvalue weighted by Crippen LogP contribution is 2.30. The highest BCUT2D eigenvalue weighted by Gasteiger charge is 2.22. The molecule has 2 rings (SSSR count). The van der Waals surface area contributed by atoms with E-state index in [-0.39, 0.29) is 0 Å². The number of aromatic nitrogens is 1. The fraction of sp³-hybridized carbons (Fsp3) is 0.533. The van der Waals surface area contributed by atoms with Gasteiger partial charge in [-0.3, -0.25) is 0 Å². The van der Waals surface area contributed by atoms with Crippen LogP contribution in [0.5, 0.6) is 0 Å². The van der Waals surface area contributed by atoms with E-state index in [0.717, 1.165) is 42.9 Å². The summed E-state index contributed by atoms with van der Waals surface area (Å²) in [6.45, 7) is 11.9. The van der Waals surface area contributed by atoms with Crippen LogP contribution in [0.4, 0.5) is 0 Å². The Labute approximate surface area is 110 Å². The molecule has 0 aromatic carbocycles. The summed E-state index contributed by atoms with van der Waals surface area (Å²) in [5, 5.41) is 7.56. The van der Waals surface area contributed by atoms with Crippen molar-refractivity contribution in [2.24, 2.45) is 0 Å². The second-order valence-corrected chi connectivity index (χ2v) is 4.07. The van der Waals surface area contributed by atoms with Crippen LogP contribution in [0.2, 0.25) is 0 Å². The van der Waals surface area contributed by atoms with E-state index < -0.39 is 0 Å². The summed E-state index contributed by atoms with van der Waals surface area (Å²) >= 11 is 0. The first-order valence-electron chi connectivity index (χ1n) is 6.82. The Balaban J connectivity index is 0.000000771. The lowest BCUT2D eigenvalue weighted by atomic mass is 9.91. The standard InChI is InChI=1S/C13H18N2O.C2H6/c1-3-5-11-12(4-2)16-15-13(11)10-6-8-14-9-7-10;1-2/h3-5,10,14H,2,6-9H2,1H3;1-2H3/b5-3-;. The summed E-state index contributed by atoms with van der Waals surface area (Å²) in [6, 6.07) is 0. The molecule has 1 aromatic rings. The molecule has 0 unspecified atom stereocenters. The van der Waals surface area contributed by atoms with Gasteiger partial charge in [-0.25, -0.2) is 0 Å². The van der Waals surface area contributed by atoms with Gasteiger partial charge in [0.1, 0.15) is 0 Å². The van der Waals surface area contributed by atoms with E-state index in [0.29, 0.717) is 5.92 Å². The van der Waals surface area contributed by atoms with Gasteiger partial charge in [-0.05, 0) is 38.9 Å². The topological polar surface area (TPSA) is 38.1 Å². The lowest BCUT2D eigenvalue weighted by Crippen LogP contribution is -2.27. The normalized spacial score (nSPS) is 16.4. The maximum absolute atomic E-state index is 5.31. The summed E-state index contributed by atoms with van der Waals surface area (Å²) in [7, 11) is 0. The fourth-order valence-corrected chi connectivity index (χ4v) is 2.19. The first kappa shape index (κ1) is 14.7. The molecule has 1 saturated heterocycles. The monoisotopic (exact) mass is 248 g/mol. The van der Waals surface area contributed by atoms with Crippen LogP contribution >= 0.6 is 0 Å². The third kappa shape index (κ3) is 3.33. The van der Waals surface area contributed by atoms with Gasteiger partial charge in [0.05, 0.1) is 5.69 Å². The molecule has 2 heterocycles. The Hall–Kier alpha value is -1.35. The van der Waals surface area contributed by atoms with Crippen LogP contribution in [0.15, 0.2) is 17.2 Å². The van der Waals surface area contributed by atoms with Gasteiger partial charge in [0.15, 0.2) is 5.76 Å². The number of nitrogens with zero attached hydrogens (tertiary/aromatic N) is 1. The smallest absolute Gasteiger partial charge is 0.166 e. The second-order valence-electron chi connectivity index (χ2n) is 4.07. The van der Waals surface area contributed by atoms with Gasteiger partial charge >= 0.3 is 0 Å². The van der Waals surface area contributed by atoms with Crippen molar-refractivity contribution in [1.82, 2.24) is 10.5 Å². The molecule has 1 aromatic heterocycles. The number of allylic oxidation sites excluding steroid dienone is 1. The molecule has 3 nitrogen and oxygen atoms in total. The number of rotatable bonds is 3. The quantitative estimate of drug-likeness (QED) is 0.883. The number of nitrogens with one attached hydrogen (secondary N) is 1. The summed E-state index contributed by atoms with van der Waals surface area (Å²) in [5.74, 6) is 1.30. The van der Waals surface area contributed by atoms with Gasteiger partial charge in [0, 0.05) is 11.5 Å². The predicted octanol–water partition coefficient (Wildman–Crippen LogP) is 3.84. The van der Waals surface area contributed by atoms with Crippen molar-refractivity contribution < 1.29 is 4.52 Å². The zero-order chi connectivity index (χ0) is 13.4. The third-order valence-corrected chi connectivity index (χ3v) is 3.03. The zero-order valence-corrected chi connectivity index (χ0v) is 11.7. The van der Waals surface area contributed by atoms with Crippen LogP contribution in [0, 0.1) is 0 Å². The van der Waals surface area contributed by atoms with Gasteiger partial charge in [-0.2, -0.15) is 0 Å². The predicted molar refractivity (Wildman–Crippen MR) is 77.5 cm³/mol. The molecule has 0 amide bonds. The number of hydrogen-bond acceptors (Lipinski definition) is 3. The lowest BCUT2D eigenvalue weighted by molar-refractivity contribution is 0.381. The average molecular weight is 248 g/mol. The van der Waals surface area contributed by atoms with E-state index in [9.17, 15) is 0 Å². The van der Waals surface area contributed by atoms with Crippen LogP contribution in [0.1, 0.15) is 56.5 Å². The van der Waals surface area contributed by atoms with E-state index in [1.54, 1.807) is 6.08 Å². The Morgan fingerprint density at radius 1 is 1.33 bits per heavy atom. The zero-order valence-electron chi connectivity index (χ0n) is 11.7. The molecule has 18 heavy (non-hydrogen) atoms. The molecule has 1 N–H and O–H groups in total. The van der Waals surface area contributed by atoms with Crippen LogP contribution in [-0.2, 0) is 0 Å². The van der Waals surface area contributed by atoms with E-state index in [2.05, 4.69) is 23.1 Å². The number of piperidine rings is 1. The van der Waals surface area contributed by atoms with Crippen molar-refractivity contribution >= 4 is 12.2 Å². The van der Waals surface area contributed by atoms with Gasteiger partial charge in [-0.1, -0.05) is 37.7 Å².